The number of hydrogen-bond donors (Lipinski definition) is 1. The van der Waals surface area contributed by atoms with Crippen molar-refractivity contribution in [3.63, 3.8) is 0 Å². The highest BCUT2D eigenvalue weighted by Gasteiger charge is 2.23. The second-order valence-corrected chi connectivity index (χ2v) is 5.62. The van der Waals surface area contributed by atoms with Crippen molar-refractivity contribution in [2.24, 2.45) is 0 Å². The van der Waals surface area contributed by atoms with Crippen LogP contribution in [0.4, 0.5) is 0 Å². The number of carbonyl (C=O) groups is 1. The molecule has 3 heteroatoms. The van der Waals surface area contributed by atoms with E-state index in [1.807, 2.05) is 38.1 Å². The average Bonchev–Trinajstić information content (AvgIpc) is 2.47. The summed E-state index contributed by atoms with van der Waals surface area (Å²) in [4.78, 5) is 12.3. The maximum Gasteiger partial charge on any atom is 0.261 e. The van der Waals surface area contributed by atoms with Gasteiger partial charge in [-0.15, -0.1) is 0 Å². The molecule has 1 atom stereocenters. The van der Waals surface area contributed by atoms with Gasteiger partial charge in [-0.05, 0) is 37.8 Å². The molecule has 1 fully saturated rings. The molecule has 1 saturated carbocycles. The van der Waals surface area contributed by atoms with E-state index in [9.17, 15) is 4.79 Å². The van der Waals surface area contributed by atoms with E-state index in [0.717, 1.165) is 24.2 Å². The van der Waals surface area contributed by atoms with Gasteiger partial charge in [0.15, 0.2) is 6.10 Å². The molecule has 0 saturated heterocycles. The van der Waals surface area contributed by atoms with Crippen LogP contribution >= 0.6 is 0 Å². The van der Waals surface area contributed by atoms with E-state index < -0.39 is 6.10 Å². The summed E-state index contributed by atoms with van der Waals surface area (Å²) in [7, 11) is 0. The van der Waals surface area contributed by atoms with Crippen LogP contribution in [-0.2, 0) is 4.79 Å². The highest BCUT2D eigenvalue weighted by molar-refractivity contribution is 5.81. The summed E-state index contributed by atoms with van der Waals surface area (Å²) >= 11 is 0. The van der Waals surface area contributed by atoms with Crippen molar-refractivity contribution in [3.05, 3.63) is 29.8 Å². The smallest absolute Gasteiger partial charge is 0.261 e. The molecule has 1 aromatic rings. The number of hydrogen-bond acceptors (Lipinski definition) is 2. The van der Waals surface area contributed by atoms with E-state index in [-0.39, 0.29) is 5.91 Å². The SMILES string of the molecule is CC[C@@H](Oc1ccccc1C)C(=O)NC1CCCCC1. The number of aryl methyl sites for hydroxylation is 1. The Hall–Kier alpha value is -1.51. The summed E-state index contributed by atoms with van der Waals surface area (Å²) in [6, 6.07) is 8.18. The van der Waals surface area contributed by atoms with Gasteiger partial charge in [-0.3, -0.25) is 4.79 Å². The van der Waals surface area contributed by atoms with Crippen LogP contribution in [0.5, 0.6) is 5.75 Å². The molecular formula is C17H25NO2. The summed E-state index contributed by atoms with van der Waals surface area (Å²) in [5.41, 5.74) is 1.07. The highest BCUT2D eigenvalue weighted by Crippen LogP contribution is 2.20. The van der Waals surface area contributed by atoms with E-state index in [4.69, 9.17) is 4.74 Å². The number of amides is 1. The average molecular weight is 275 g/mol. The minimum absolute atomic E-state index is 0.0302. The normalized spacial score (nSPS) is 17.5. The third-order valence-corrected chi connectivity index (χ3v) is 3.98. The Kier molecular flexibility index (Phi) is 5.45. The molecule has 0 aromatic heterocycles. The molecule has 0 unspecified atom stereocenters. The van der Waals surface area contributed by atoms with Crippen molar-refractivity contribution in [1.82, 2.24) is 5.32 Å². The zero-order valence-electron chi connectivity index (χ0n) is 12.5. The Morgan fingerprint density at radius 1 is 1.30 bits per heavy atom. The van der Waals surface area contributed by atoms with Crippen LogP contribution in [0.3, 0.4) is 0 Å². The summed E-state index contributed by atoms with van der Waals surface area (Å²) in [6.45, 7) is 3.99. The second kappa shape index (κ2) is 7.32. The molecule has 1 amide bonds. The molecule has 1 aromatic carbocycles. The molecule has 20 heavy (non-hydrogen) atoms. The van der Waals surface area contributed by atoms with Crippen LogP contribution in [0.2, 0.25) is 0 Å². The van der Waals surface area contributed by atoms with Crippen LogP contribution in [0.1, 0.15) is 51.0 Å². The molecule has 1 aliphatic carbocycles. The summed E-state index contributed by atoms with van der Waals surface area (Å²) < 4.78 is 5.89. The Labute approximate surface area is 121 Å². The fourth-order valence-electron chi connectivity index (χ4n) is 2.71. The van der Waals surface area contributed by atoms with Gasteiger partial charge in [0.2, 0.25) is 0 Å². The standard InChI is InChI=1S/C17H25NO2/c1-3-15(20-16-12-8-7-9-13(16)2)17(19)18-14-10-5-4-6-11-14/h7-9,12,14-15H,3-6,10-11H2,1-2H3,(H,18,19)/t15-/m1/s1. The van der Waals surface area contributed by atoms with Gasteiger partial charge >= 0.3 is 0 Å². The topological polar surface area (TPSA) is 38.3 Å². The molecule has 1 N–H and O–H groups in total. The minimum Gasteiger partial charge on any atom is -0.480 e. The van der Waals surface area contributed by atoms with Gasteiger partial charge in [-0.2, -0.15) is 0 Å². The fourth-order valence-corrected chi connectivity index (χ4v) is 2.71. The van der Waals surface area contributed by atoms with E-state index in [1.165, 1.54) is 19.3 Å². The lowest BCUT2D eigenvalue weighted by Gasteiger charge is -2.25. The van der Waals surface area contributed by atoms with Gasteiger partial charge in [0, 0.05) is 6.04 Å². The molecule has 0 spiro atoms. The summed E-state index contributed by atoms with van der Waals surface area (Å²) in [5.74, 6) is 0.834. The van der Waals surface area contributed by atoms with Crippen molar-refractivity contribution in [1.29, 1.82) is 0 Å². The molecule has 0 aliphatic heterocycles. The first-order valence-electron chi connectivity index (χ1n) is 7.73. The van der Waals surface area contributed by atoms with E-state index in [2.05, 4.69) is 5.32 Å². The first-order chi connectivity index (χ1) is 9.70. The van der Waals surface area contributed by atoms with Crippen LogP contribution in [-0.4, -0.2) is 18.1 Å². The molecule has 2 rings (SSSR count). The quantitative estimate of drug-likeness (QED) is 0.891. The molecule has 3 nitrogen and oxygen atoms in total. The fraction of sp³-hybridized carbons (Fsp3) is 0.588. The summed E-state index contributed by atoms with van der Waals surface area (Å²) in [6.07, 6.45) is 6.24. The monoisotopic (exact) mass is 275 g/mol. The van der Waals surface area contributed by atoms with Gasteiger partial charge in [0.05, 0.1) is 0 Å². The Morgan fingerprint density at radius 2 is 2.00 bits per heavy atom. The van der Waals surface area contributed by atoms with Crippen LogP contribution < -0.4 is 10.1 Å². The predicted octanol–water partition coefficient (Wildman–Crippen LogP) is 3.60. The molecule has 1 aliphatic rings. The van der Waals surface area contributed by atoms with Crippen LogP contribution in [0.15, 0.2) is 24.3 Å². The van der Waals surface area contributed by atoms with Crippen molar-refractivity contribution in [3.8, 4) is 5.75 Å². The lowest BCUT2D eigenvalue weighted by molar-refractivity contribution is -0.129. The highest BCUT2D eigenvalue weighted by atomic mass is 16.5. The van der Waals surface area contributed by atoms with Crippen LogP contribution in [0, 0.1) is 6.92 Å². The number of benzene rings is 1. The van der Waals surface area contributed by atoms with Crippen molar-refractivity contribution < 1.29 is 9.53 Å². The Bertz CT molecular complexity index is 438. The maximum atomic E-state index is 12.3. The molecule has 0 bridgehead atoms. The number of rotatable bonds is 5. The largest absolute Gasteiger partial charge is 0.480 e. The molecule has 0 radical (unpaired) electrons. The Balaban J connectivity index is 1.93. The van der Waals surface area contributed by atoms with E-state index >= 15 is 0 Å². The summed E-state index contributed by atoms with van der Waals surface area (Å²) in [5, 5.41) is 3.15. The Morgan fingerprint density at radius 3 is 2.65 bits per heavy atom. The third kappa shape index (κ3) is 3.99. The van der Waals surface area contributed by atoms with Gasteiger partial charge in [0.1, 0.15) is 5.75 Å². The number of ether oxygens (including phenoxy) is 1. The number of nitrogens with one attached hydrogen (secondary N) is 1. The van der Waals surface area contributed by atoms with E-state index in [0.29, 0.717) is 12.5 Å². The lowest BCUT2D eigenvalue weighted by atomic mass is 9.95. The predicted molar refractivity (Wildman–Crippen MR) is 80.9 cm³/mol. The first kappa shape index (κ1) is 14.9. The zero-order chi connectivity index (χ0) is 14.4. The second-order valence-electron chi connectivity index (χ2n) is 5.62. The van der Waals surface area contributed by atoms with Crippen molar-refractivity contribution >= 4 is 5.91 Å². The van der Waals surface area contributed by atoms with E-state index in [1.54, 1.807) is 0 Å². The number of carbonyl (C=O) groups excluding carboxylic acids is 1. The lowest BCUT2D eigenvalue weighted by Crippen LogP contribution is -2.44. The van der Waals surface area contributed by atoms with Gasteiger partial charge in [-0.1, -0.05) is 44.4 Å². The first-order valence-corrected chi connectivity index (χ1v) is 7.73. The van der Waals surface area contributed by atoms with Crippen molar-refractivity contribution in [2.45, 2.75) is 64.5 Å². The van der Waals surface area contributed by atoms with Gasteiger partial charge in [0.25, 0.3) is 5.91 Å². The molecule has 0 heterocycles. The van der Waals surface area contributed by atoms with Crippen molar-refractivity contribution in [2.75, 3.05) is 0 Å². The third-order valence-electron chi connectivity index (χ3n) is 3.98. The van der Waals surface area contributed by atoms with Gasteiger partial charge in [-0.25, -0.2) is 0 Å². The molecule has 110 valence electrons. The maximum absolute atomic E-state index is 12.3. The van der Waals surface area contributed by atoms with Crippen LogP contribution in [0.25, 0.3) is 0 Å². The zero-order valence-corrected chi connectivity index (χ0v) is 12.5. The minimum atomic E-state index is -0.391. The van der Waals surface area contributed by atoms with Gasteiger partial charge < -0.3 is 10.1 Å². The molecular weight excluding hydrogens is 250 g/mol. The number of para-hydroxylation sites is 1.